The van der Waals surface area contributed by atoms with E-state index in [1.54, 1.807) is 0 Å². The van der Waals surface area contributed by atoms with Gasteiger partial charge in [0.15, 0.2) is 0 Å². The number of carboxylic acid groups (broad SMARTS) is 1. The van der Waals surface area contributed by atoms with Crippen LogP contribution < -0.4 is 10.4 Å². The van der Waals surface area contributed by atoms with Crippen molar-refractivity contribution in [2.24, 2.45) is 11.8 Å². The van der Waals surface area contributed by atoms with E-state index >= 15 is 0 Å². The summed E-state index contributed by atoms with van der Waals surface area (Å²) >= 11 is 0. The lowest BCUT2D eigenvalue weighted by molar-refractivity contribution is -0.142. The van der Waals surface area contributed by atoms with E-state index < -0.39 is 14.3 Å². The Bertz CT molecular complexity index is 728. The number of aliphatic carboxylic acids is 1. The zero-order valence-corrected chi connectivity index (χ0v) is 17.7. The number of hydrogen-bond acceptors (Lipinski definition) is 2. The predicted molar refractivity (Wildman–Crippen MR) is 112 cm³/mol. The number of carboxylic acids is 1. The van der Waals surface area contributed by atoms with Crippen molar-refractivity contribution >= 4 is 24.7 Å². The van der Waals surface area contributed by atoms with E-state index in [0.717, 1.165) is 6.42 Å². The van der Waals surface area contributed by atoms with Crippen molar-refractivity contribution in [2.75, 3.05) is 0 Å². The monoisotopic (exact) mass is 382 g/mol. The smallest absolute Gasteiger partial charge is 0.306 e. The first-order chi connectivity index (χ1) is 12.8. The number of benzene rings is 2. The first-order valence-corrected chi connectivity index (χ1v) is 11.7. The average molecular weight is 383 g/mol. The van der Waals surface area contributed by atoms with Gasteiger partial charge in [0.25, 0.3) is 8.32 Å². The summed E-state index contributed by atoms with van der Waals surface area (Å²) in [7, 11) is -2.60. The van der Waals surface area contributed by atoms with Gasteiger partial charge in [0.2, 0.25) is 0 Å². The summed E-state index contributed by atoms with van der Waals surface area (Å²) < 4.78 is 7.06. The summed E-state index contributed by atoms with van der Waals surface area (Å²) in [6, 6.07) is 21.1. The number of rotatable bonds is 5. The van der Waals surface area contributed by atoms with Gasteiger partial charge in [-0.05, 0) is 34.2 Å². The van der Waals surface area contributed by atoms with Gasteiger partial charge in [-0.15, -0.1) is 0 Å². The van der Waals surface area contributed by atoms with Crippen LogP contribution in [-0.2, 0) is 9.22 Å². The van der Waals surface area contributed by atoms with Crippen LogP contribution in [0.3, 0.4) is 0 Å². The van der Waals surface area contributed by atoms with E-state index in [1.165, 1.54) is 10.4 Å². The Morgan fingerprint density at radius 2 is 1.44 bits per heavy atom. The van der Waals surface area contributed by atoms with Crippen LogP contribution in [0.15, 0.2) is 60.7 Å². The van der Waals surface area contributed by atoms with Gasteiger partial charge in [0.05, 0.1) is 5.92 Å². The largest absolute Gasteiger partial charge is 0.481 e. The minimum Gasteiger partial charge on any atom is -0.481 e. The molecule has 1 aliphatic carbocycles. The quantitative estimate of drug-likeness (QED) is 0.793. The molecule has 3 nitrogen and oxygen atoms in total. The van der Waals surface area contributed by atoms with E-state index in [2.05, 4.69) is 69.3 Å². The third-order valence-electron chi connectivity index (χ3n) is 5.92. The van der Waals surface area contributed by atoms with Crippen LogP contribution in [0.1, 0.15) is 40.5 Å². The number of hydrogen-bond donors (Lipinski definition) is 1. The fourth-order valence-corrected chi connectivity index (χ4v) is 9.28. The minimum absolute atomic E-state index is 0.0209. The number of carbonyl (C=O) groups is 1. The Kier molecular flexibility index (Phi) is 5.59. The molecule has 0 heterocycles. The molecule has 0 saturated heterocycles. The zero-order chi connectivity index (χ0) is 19.7. The van der Waals surface area contributed by atoms with Gasteiger partial charge >= 0.3 is 5.97 Å². The summed E-state index contributed by atoms with van der Waals surface area (Å²) in [5.41, 5.74) is 0. The molecule has 0 aromatic heterocycles. The first kappa shape index (κ1) is 19.8. The lowest BCUT2D eigenvalue weighted by Crippen LogP contribution is -2.67. The van der Waals surface area contributed by atoms with Gasteiger partial charge in [0.1, 0.15) is 0 Å². The molecule has 27 heavy (non-hydrogen) atoms. The third-order valence-corrected chi connectivity index (χ3v) is 11.0. The lowest BCUT2D eigenvalue weighted by Gasteiger charge is -2.44. The molecular weight excluding hydrogens is 352 g/mol. The molecule has 0 amide bonds. The van der Waals surface area contributed by atoms with E-state index in [9.17, 15) is 9.90 Å². The van der Waals surface area contributed by atoms with Gasteiger partial charge in [-0.2, -0.15) is 0 Å². The van der Waals surface area contributed by atoms with Crippen molar-refractivity contribution < 1.29 is 14.3 Å². The summed E-state index contributed by atoms with van der Waals surface area (Å²) in [6.07, 6.45) is 1.38. The summed E-state index contributed by atoms with van der Waals surface area (Å²) in [5, 5.41) is 12.0. The maximum Gasteiger partial charge on any atom is 0.306 e. The highest BCUT2D eigenvalue weighted by atomic mass is 28.4. The third kappa shape index (κ3) is 3.74. The topological polar surface area (TPSA) is 46.5 Å². The molecular formula is C23H30O3Si. The van der Waals surface area contributed by atoms with Crippen molar-refractivity contribution in [2.45, 2.75) is 51.7 Å². The second-order valence-electron chi connectivity index (χ2n) is 8.80. The Labute approximate surface area is 163 Å². The maximum absolute atomic E-state index is 11.6. The van der Waals surface area contributed by atoms with Gasteiger partial charge in [-0.25, -0.2) is 0 Å². The average Bonchev–Trinajstić information content (AvgIpc) is 3.00. The van der Waals surface area contributed by atoms with E-state index in [-0.39, 0.29) is 23.0 Å². The molecule has 144 valence electrons. The van der Waals surface area contributed by atoms with Crippen LogP contribution in [0.2, 0.25) is 5.04 Å². The van der Waals surface area contributed by atoms with Crippen LogP contribution >= 0.6 is 0 Å². The molecule has 2 aromatic carbocycles. The maximum atomic E-state index is 11.6. The molecule has 1 fully saturated rings. The Morgan fingerprint density at radius 1 is 0.963 bits per heavy atom. The van der Waals surface area contributed by atoms with Crippen molar-refractivity contribution in [1.82, 2.24) is 0 Å². The van der Waals surface area contributed by atoms with Crippen molar-refractivity contribution in [3.05, 3.63) is 60.7 Å². The molecule has 0 unspecified atom stereocenters. The van der Waals surface area contributed by atoms with Gasteiger partial charge in [0, 0.05) is 6.10 Å². The van der Waals surface area contributed by atoms with Crippen LogP contribution in [0.5, 0.6) is 0 Å². The predicted octanol–water partition coefficient (Wildman–Crippen LogP) is 4.06. The lowest BCUT2D eigenvalue weighted by atomic mass is 9.99. The molecule has 3 atom stereocenters. The SMILES string of the molecule is C[C@H]1C[C@@H](O[Si](c2ccccc2)(c2ccccc2)C(C)(C)C)C[C@H]1C(=O)O. The standard InChI is InChI=1S/C23H30O3Si/c1-17-15-18(16-21(17)22(24)25)26-27(23(2,3)4,19-11-7-5-8-12-19)20-13-9-6-10-14-20/h5-14,17-18,21H,15-16H2,1-4H3,(H,24,25)/t17-,18+,21+/m0/s1. The van der Waals surface area contributed by atoms with E-state index in [4.69, 9.17) is 4.43 Å². The molecule has 0 bridgehead atoms. The highest BCUT2D eigenvalue weighted by Crippen LogP contribution is 2.42. The van der Waals surface area contributed by atoms with Gasteiger partial charge < -0.3 is 9.53 Å². The summed E-state index contributed by atoms with van der Waals surface area (Å²) in [6.45, 7) is 8.80. The molecule has 3 rings (SSSR count). The molecule has 1 N–H and O–H groups in total. The van der Waals surface area contributed by atoms with Gasteiger partial charge in [-0.1, -0.05) is 88.4 Å². The second-order valence-corrected chi connectivity index (χ2v) is 13.0. The summed E-state index contributed by atoms with van der Waals surface area (Å²) in [5.74, 6) is -0.866. The Balaban J connectivity index is 2.09. The van der Waals surface area contributed by atoms with Crippen molar-refractivity contribution in [3.63, 3.8) is 0 Å². The molecule has 0 spiro atoms. The molecule has 0 radical (unpaired) electrons. The second kappa shape index (κ2) is 7.61. The summed E-state index contributed by atoms with van der Waals surface area (Å²) in [4.78, 5) is 11.6. The van der Waals surface area contributed by atoms with Gasteiger partial charge in [-0.3, -0.25) is 4.79 Å². The van der Waals surface area contributed by atoms with Crippen molar-refractivity contribution in [1.29, 1.82) is 0 Å². The zero-order valence-electron chi connectivity index (χ0n) is 16.7. The molecule has 4 heteroatoms. The normalized spacial score (nSPS) is 23.3. The Morgan fingerprint density at radius 3 is 1.81 bits per heavy atom. The highest BCUT2D eigenvalue weighted by molar-refractivity contribution is 6.99. The first-order valence-electron chi connectivity index (χ1n) is 9.77. The molecule has 2 aromatic rings. The molecule has 1 aliphatic rings. The highest BCUT2D eigenvalue weighted by Gasteiger charge is 2.52. The Hall–Kier alpha value is -1.91. The van der Waals surface area contributed by atoms with E-state index in [0.29, 0.717) is 6.42 Å². The molecule has 1 saturated carbocycles. The fraction of sp³-hybridized carbons (Fsp3) is 0.435. The van der Waals surface area contributed by atoms with E-state index in [1.807, 2.05) is 19.1 Å². The molecule has 0 aliphatic heterocycles. The fourth-order valence-electron chi connectivity index (χ4n) is 4.57. The van der Waals surface area contributed by atoms with Crippen LogP contribution in [-0.4, -0.2) is 25.5 Å². The minimum atomic E-state index is -2.60. The van der Waals surface area contributed by atoms with Crippen LogP contribution in [0.25, 0.3) is 0 Å². The van der Waals surface area contributed by atoms with Crippen LogP contribution in [0.4, 0.5) is 0 Å². The van der Waals surface area contributed by atoms with Crippen molar-refractivity contribution in [3.8, 4) is 0 Å². The van der Waals surface area contributed by atoms with Crippen LogP contribution in [0, 0.1) is 11.8 Å².